The van der Waals surface area contributed by atoms with Gasteiger partial charge >= 0.3 is 0 Å². The zero-order valence-electron chi connectivity index (χ0n) is 15.9. The highest BCUT2D eigenvalue weighted by molar-refractivity contribution is 5.79. The van der Waals surface area contributed by atoms with E-state index >= 15 is 0 Å². The summed E-state index contributed by atoms with van der Waals surface area (Å²) in [7, 11) is 0. The first-order valence-electron chi connectivity index (χ1n) is 9.35. The summed E-state index contributed by atoms with van der Waals surface area (Å²) in [6.45, 7) is 1.94. The van der Waals surface area contributed by atoms with Gasteiger partial charge < -0.3 is 0 Å². The van der Waals surface area contributed by atoms with Crippen LogP contribution in [0.4, 0.5) is 13.2 Å². The molecule has 0 spiro atoms. The zero-order valence-corrected chi connectivity index (χ0v) is 15.9. The number of rotatable bonds is 3. The van der Waals surface area contributed by atoms with E-state index < -0.39 is 17.5 Å². The summed E-state index contributed by atoms with van der Waals surface area (Å²) in [5.41, 5.74) is 2.46. The van der Waals surface area contributed by atoms with Crippen molar-refractivity contribution >= 4 is 16.6 Å². The second-order valence-corrected chi connectivity index (χ2v) is 7.16. The molecule has 0 fully saturated rings. The summed E-state index contributed by atoms with van der Waals surface area (Å²) in [5.74, 6) is -1.76. The first-order valence-corrected chi connectivity index (χ1v) is 9.35. The molecule has 1 atom stereocenters. The van der Waals surface area contributed by atoms with Gasteiger partial charge in [0.15, 0.2) is 11.5 Å². The van der Waals surface area contributed by atoms with Gasteiger partial charge in [-0.2, -0.15) is 0 Å². The average Bonchev–Trinajstić information content (AvgIpc) is 3.17. The van der Waals surface area contributed by atoms with Gasteiger partial charge in [0.25, 0.3) is 0 Å². The highest BCUT2D eigenvalue weighted by Crippen LogP contribution is 2.29. The first kappa shape index (κ1) is 18.3. The predicted molar refractivity (Wildman–Crippen MR) is 108 cm³/mol. The fourth-order valence-electron chi connectivity index (χ4n) is 3.66. The smallest absolute Gasteiger partial charge is 0.196 e. The molecular formula is C23H15F3N4. The van der Waals surface area contributed by atoms with Crippen LogP contribution in [-0.2, 0) is 0 Å². The molecule has 0 bridgehead atoms. The van der Waals surface area contributed by atoms with Gasteiger partial charge in [-0.05, 0) is 47.5 Å². The number of benzene rings is 2. The molecule has 0 aliphatic carbocycles. The molecule has 2 aromatic carbocycles. The minimum absolute atomic E-state index is 0.0555. The van der Waals surface area contributed by atoms with Gasteiger partial charge in [-0.3, -0.25) is 9.38 Å². The van der Waals surface area contributed by atoms with Gasteiger partial charge in [0.1, 0.15) is 17.5 Å². The van der Waals surface area contributed by atoms with Crippen LogP contribution in [0, 0.1) is 17.5 Å². The van der Waals surface area contributed by atoms with Gasteiger partial charge in [-0.15, -0.1) is 10.2 Å². The molecular weight excluding hydrogens is 389 g/mol. The summed E-state index contributed by atoms with van der Waals surface area (Å²) in [4.78, 5) is 4.32. The standard InChI is InChI=1S/C23H15F3N4/c1-13(14-4-5-21-15(7-14)3-2-6-27-21)22-28-29-23-20(26)10-17(12-30(22)23)16-8-18(24)11-19(25)9-16/h2-13H,1H3/t13-/m0/s1. The third-order valence-electron chi connectivity index (χ3n) is 5.20. The van der Waals surface area contributed by atoms with Crippen LogP contribution in [0.2, 0.25) is 0 Å². The van der Waals surface area contributed by atoms with Gasteiger partial charge in [0, 0.05) is 35.3 Å². The Bertz CT molecular complexity index is 1390. The highest BCUT2D eigenvalue weighted by Gasteiger charge is 2.19. The summed E-state index contributed by atoms with van der Waals surface area (Å²) < 4.78 is 43.5. The van der Waals surface area contributed by atoms with Crippen molar-refractivity contribution in [1.82, 2.24) is 19.6 Å². The predicted octanol–water partition coefficient (Wildman–Crippen LogP) is 5.51. The number of pyridine rings is 2. The Morgan fingerprint density at radius 1 is 0.867 bits per heavy atom. The average molecular weight is 404 g/mol. The summed E-state index contributed by atoms with van der Waals surface area (Å²) in [5, 5.41) is 9.15. The molecule has 3 heterocycles. The van der Waals surface area contributed by atoms with Crippen LogP contribution in [0.1, 0.15) is 24.2 Å². The van der Waals surface area contributed by atoms with Crippen molar-refractivity contribution in [2.45, 2.75) is 12.8 Å². The van der Waals surface area contributed by atoms with Crippen molar-refractivity contribution in [1.29, 1.82) is 0 Å². The van der Waals surface area contributed by atoms with Crippen LogP contribution >= 0.6 is 0 Å². The Kier molecular flexibility index (Phi) is 4.24. The van der Waals surface area contributed by atoms with Gasteiger partial charge in [-0.25, -0.2) is 13.2 Å². The molecule has 0 saturated heterocycles. The third-order valence-corrected chi connectivity index (χ3v) is 5.20. The number of hydrogen-bond acceptors (Lipinski definition) is 3. The largest absolute Gasteiger partial charge is 0.283 e. The van der Waals surface area contributed by atoms with Crippen LogP contribution in [-0.4, -0.2) is 19.6 Å². The Morgan fingerprint density at radius 3 is 2.47 bits per heavy atom. The number of nitrogens with zero attached hydrogens (tertiary/aromatic N) is 4. The van der Waals surface area contributed by atoms with E-state index in [1.165, 1.54) is 10.5 Å². The molecule has 0 aliphatic heterocycles. The molecule has 0 N–H and O–H groups in total. The number of fused-ring (bicyclic) bond motifs is 2. The van der Waals surface area contributed by atoms with Crippen molar-refractivity contribution < 1.29 is 13.2 Å². The molecule has 30 heavy (non-hydrogen) atoms. The van der Waals surface area contributed by atoms with Crippen LogP contribution in [0.15, 0.2) is 67.0 Å². The fraction of sp³-hybridized carbons (Fsp3) is 0.0870. The van der Waals surface area contributed by atoms with Crippen molar-refractivity contribution in [3.63, 3.8) is 0 Å². The Labute approximate surface area is 169 Å². The molecule has 0 saturated carbocycles. The van der Waals surface area contributed by atoms with Crippen LogP contribution in [0.5, 0.6) is 0 Å². The van der Waals surface area contributed by atoms with E-state index in [9.17, 15) is 13.2 Å². The van der Waals surface area contributed by atoms with E-state index in [1.54, 1.807) is 12.4 Å². The molecule has 4 nitrogen and oxygen atoms in total. The number of hydrogen-bond donors (Lipinski definition) is 0. The zero-order chi connectivity index (χ0) is 20.8. The first-order chi connectivity index (χ1) is 14.5. The van der Waals surface area contributed by atoms with Crippen LogP contribution < -0.4 is 0 Å². The minimum Gasteiger partial charge on any atom is -0.283 e. The maximum absolute atomic E-state index is 14.7. The summed E-state index contributed by atoms with van der Waals surface area (Å²) in [6.07, 6.45) is 3.33. The van der Waals surface area contributed by atoms with Crippen molar-refractivity contribution in [3.05, 3.63) is 95.8 Å². The minimum atomic E-state index is -0.729. The van der Waals surface area contributed by atoms with E-state index in [-0.39, 0.29) is 17.1 Å². The van der Waals surface area contributed by atoms with E-state index in [4.69, 9.17) is 0 Å². The highest BCUT2D eigenvalue weighted by atomic mass is 19.1. The maximum atomic E-state index is 14.7. The van der Waals surface area contributed by atoms with Crippen molar-refractivity contribution in [2.75, 3.05) is 0 Å². The lowest BCUT2D eigenvalue weighted by atomic mass is 9.98. The topological polar surface area (TPSA) is 43.1 Å². The Hall–Kier alpha value is -3.74. The normalized spacial score (nSPS) is 12.5. The molecule has 5 aromatic rings. The van der Waals surface area contributed by atoms with E-state index in [0.717, 1.165) is 34.7 Å². The van der Waals surface area contributed by atoms with Gasteiger partial charge in [0.05, 0.1) is 5.52 Å². The lowest BCUT2D eigenvalue weighted by Gasteiger charge is -2.12. The van der Waals surface area contributed by atoms with Crippen LogP contribution in [0.25, 0.3) is 27.7 Å². The molecule has 148 valence electrons. The molecule has 0 radical (unpaired) electrons. The summed E-state index contributed by atoms with van der Waals surface area (Å²) in [6, 6.07) is 14.0. The van der Waals surface area contributed by atoms with Crippen molar-refractivity contribution in [2.24, 2.45) is 0 Å². The van der Waals surface area contributed by atoms with Crippen molar-refractivity contribution in [3.8, 4) is 11.1 Å². The lowest BCUT2D eigenvalue weighted by Crippen LogP contribution is -2.04. The summed E-state index contributed by atoms with van der Waals surface area (Å²) >= 11 is 0. The molecule has 7 heteroatoms. The molecule has 3 aromatic heterocycles. The third kappa shape index (κ3) is 3.08. The van der Waals surface area contributed by atoms with E-state index in [2.05, 4.69) is 15.2 Å². The molecule has 0 amide bonds. The number of aromatic nitrogens is 4. The molecule has 0 aliphatic rings. The van der Waals surface area contributed by atoms with E-state index in [0.29, 0.717) is 11.4 Å². The quantitative estimate of drug-likeness (QED) is 0.398. The van der Waals surface area contributed by atoms with E-state index in [1.807, 2.05) is 37.3 Å². The monoisotopic (exact) mass is 404 g/mol. The molecule has 0 unspecified atom stereocenters. The SMILES string of the molecule is C[C@@H](c1ccc2ncccc2c1)c1nnc2c(F)cc(-c3cc(F)cc(F)c3)cn12. The molecule has 5 rings (SSSR count). The van der Waals surface area contributed by atoms with Gasteiger partial charge in [-0.1, -0.05) is 19.1 Å². The maximum Gasteiger partial charge on any atom is 0.196 e. The number of halogens is 3. The second-order valence-electron chi connectivity index (χ2n) is 7.16. The Balaban J connectivity index is 1.64. The Morgan fingerprint density at radius 2 is 1.67 bits per heavy atom. The van der Waals surface area contributed by atoms with Crippen LogP contribution in [0.3, 0.4) is 0 Å². The second kappa shape index (κ2) is 6.95. The lowest BCUT2D eigenvalue weighted by molar-refractivity contribution is 0.584. The van der Waals surface area contributed by atoms with Gasteiger partial charge in [0.2, 0.25) is 0 Å². The fourth-order valence-corrected chi connectivity index (χ4v) is 3.66.